The number of carbonyl (C=O) groups is 2. The smallest absolute Gasteiger partial charge is 0.450 e. The Balaban J connectivity index is 1.82. The topological polar surface area (TPSA) is 101 Å². The molecule has 0 amide bonds. The van der Waals surface area contributed by atoms with Gasteiger partial charge in [-0.2, -0.15) is 0 Å². The summed E-state index contributed by atoms with van der Waals surface area (Å²) in [7, 11) is -4.25. The van der Waals surface area contributed by atoms with Crippen molar-refractivity contribution in [3.05, 3.63) is 104 Å². The molecule has 166 valence electrons. The molecular formula is C24H17O8P. The zero-order valence-corrected chi connectivity index (χ0v) is 18.0. The molecule has 0 aromatic heterocycles. The van der Waals surface area contributed by atoms with Crippen LogP contribution in [0.5, 0.6) is 23.0 Å². The first-order valence-electron chi connectivity index (χ1n) is 9.65. The van der Waals surface area contributed by atoms with Gasteiger partial charge in [-0.25, -0.2) is 14.2 Å². The molecule has 1 aliphatic rings. The van der Waals surface area contributed by atoms with Crippen LogP contribution in [0.2, 0.25) is 0 Å². The number of esters is 2. The van der Waals surface area contributed by atoms with Crippen LogP contribution in [0.3, 0.4) is 0 Å². The second kappa shape index (κ2) is 9.46. The minimum absolute atomic E-state index is 0.00865. The highest BCUT2D eigenvalue weighted by atomic mass is 31.2. The van der Waals surface area contributed by atoms with Gasteiger partial charge in [0.05, 0.1) is 0 Å². The molecule has 0 atom stereocenters. The third kappa shape index (κ3) is 5.31. The minimum Gasteiger partial charge on any atom is -0.450 e. The average molecular weight is 464 g/mol. The van der Waals surface area contributed by atoms with Gasteiger partial charge < -0.3 is 23.3 Å². The van der Waals surface area contributed by atoms with E-state index in [9.17, 15) is 14.2 Å². The van der Waals surface area contributed by atoms with Gasteiger partial charge in [-0.3, -0.25) is 0 Å². The highest BCUT2D eigenvalue weighted by Crippen LogP contribution is 2.51. The Bertz CT molecular complexity index is 1220. The molecule has 0 N–H and O–H groups in total. The summed E-state index contributed by atoms with van der Waals surface area (Å²) >= 11 is 0. The maximum Gasteiger partial charge on any atom is 0.466 e. The van der Waals surface area contributed by atoms with Crippen LogP contribution in [-0.2, 0) is 18.9 Å². The van der Waals surface area contributed by atoms with Gasteiger partial charge in [-0.15, -0.1) is 0 Å². The molecule has 3 aromatic carbocycles. The third-order valence-corrected chi connectivity index (χ3v) is 6.04. The van der Waals surface area contributed by atoms with Gasteiger partial charge in [-0.05, 0) is 36.4 Å². The van der Waals surface area contributed by atoms with Crippen molar-refractivity contribution in [2.45, 2.75) is 0 Å². The van der Waals surface area contributed by atoms with Crippen LogP contribution in [0.15, 0.2) is 104 Å². The van der Waals surface area contributed by atoms with Crippen LogP contribution < -0.4 is 23.8 Å². The molecule has 8 nitrogen and oxygen atoms in total. The summed E-state index contributed by atoms with van der Waals surface area (Å²) in [5.41, 5.74) is 0. The Kier molecular flexibility index (Phi) is 6.29. The average Bonchev–Trinajstić information content (AvgIpc) is 3.67. The molecule has 0 radical (unpaired) electrons. The third-order valence-electron chi connectivity index (χ3n) is 4.20. The van der Waals surface area contributed by atoms with E-state index in [0.29, 0.717) is 0 Å². The molecule has 3 aromatic rings. The number of benzene rings is 3. The maximum atomic E-state index is 14.2. The van der Waals surface area contributed by atoms with Crippen molar-refractivity contribution in [2.24, 2.45) is 0 Å². The van der Waals surface area contributed by atoms with E-state index < -0.39 is 19.5 Å². The van der Waals surface area contributed by atoms with E-state index in [4.69, 9.17) is 23.3 Å². The van der Waals surface area contributed by atoms with Crippen LogP contribution in [0, 0.1) is 0 Å². The minimum atomic E-state index is -4.25. The molecule has 0 spiro atoms. The molecule has 0 unspecified atom stereocenters. The molecule has 0 fully saturated rings. The van der Waals surface area contributed by atoms with E-state index in [-0.39, 0.29) is 34.1 Å². The largest absolute Gasteiger partial charge is 0.466 e. The van der Waals surface area contributed by atoms with Crippen LogP contribution in [0.25, 0.3) is 0 Å². The predicted molar refractivity (Wildman–Crippen MR) is 118 cm³/mol. The lowest BCUT2D eigenvalue weighted by Gasteiger charge is -2.22. The van der Waals surface area contributed by atoms with Crippen LogP contribution in [-0.4, -0.2) is 11.9 Å². The Labute approximate surface area is 189 Å². The Hall–Kier alpha value is -4.29. The van der Waals surface area contributed by atoms with Gasteiger partial charge in [-0.1, -0.05) is 49.0 Å². The Morgan fingerprint density at radius 2 is 1.39 bits per heavy atom. The first kappa shape index (κ1) is 21.9. The standard InChI is InChI=1S/C24H17O8P/c1-2-22(25)30-23-19(29-24(26)20-16-28-20)14-9-15-21(23)33(27,31-17-10-5-3-6-11-17)32-18-12-7-4-8-13-18/h2-16H,1H2. The van der Waals surface area contributed by atoms with Crippen molar-refractivity contribution < 1.29 is 37.4 Å². The van der Waals surface area contributed by atoms with Crippen LogP contribution in [0.4, 0.5) is 0 Å². The number of hydrogen-bond donors (Lipinski definition) is 0. The summed E-state index contributed by atoms with van der Waals surface area (Å²) in [6.45, 7) is 3.37. The van der Waals surface area contributed by atoms with Crippen molar-refractivity contribution in [3.63, 3.8) is 0 Å². The van der Waals surface area contributed by atoms with Crippen molar-refractivity contribution in [3.8, 4) is 23.0 Å². The van der Waals surface area contributed by atoms with Crippen molar-refractivity contribution in [1.29, 1.82) is 0 Å². The molecule has 0 bridgehead atoms. The molecule has 9 heteroatoms. The molecule has 33 heavy (non-hydrogen) atoms. The SMILES string of the molecule is C=CC(=O)Oc1c(OC(=O)C2=CO2)cccc1P(=O)(Oc1ccccc1)Oc1ccccc1. The summed E-state index contributed by atoms with van der Waals surface area (Å²) in [6, 6.07) is 20.9. The van der Waals surface area contributed by atoms with Gasteiger partial charge in [0.1, 0.15) is 23.1 Å². The van der Waals surface area contributed by atoms with Crippen LogP contribution in [0.1, 0.15) is 0 Å². The van der Waals surface area contributed by atoms with E-state index in [1.165, 1.54) is 24.5 Å². The van der Waals surface area contributed by atoms with Gasteiger partial charge in [0.25, 0.3) is 0 Å². The lowest BCUT2D eigenvalue weighted by atomic mass is 10.3. The van der Waals surface area contributed by atoms with E-state index in [1.54, 1.807) is 60.7 Å². The molecule has 1 heterocycles. The summed E-state index contributed by atoms with van der Waals surface area (Å²) in [5.74, 6) is -1.69. The molecule has 1 aliphatic heterocycles. The lowest BCUT2D eigenvalue weighted by molar-refractivity contribution is -0.133. The van der Waals surface area contributed by atoms with Gasteiger partial charge in [0, 0.05) is 6.08 Å². The van der Waals surface area contributed by atoms with Gasteiger partial charge in [0.2, 0.25) is 5.76 Å². The molecule has 4 rings (SSSR count). The maximum absolute atomic E-state index is 14.2. The summed E-state index contributed by atoms with van der Waals surface area (Å²) in [6.07, 6.45) is 2.11. The number of ether oxygens (including phenoxy) is 3. The van der Waals surface area contributed by atoms with Crippen molar-refractivity contribution in [1.82, 2.24) is 0 Å². The normalized spacial score (nSPS) is 11.9. The van der Waals surface area contributed by atoms with E-state index >= 15 is 0 Å². The molecule has 0 saturated carbocycles. The van der Waals surface area contributed by atoms with Crippen molar-refractivity contribution >= 4 is 24.8 Å². The second-order valence-corrected chi connectivity index (χ2v) is 8.37. The first-order valence-corrected chi connectivity index (χ1v) is 11.2. The fraction of sp³-hybridized carbons (Fsp3) is 0. The number of rotatable bonds is 9. The Morgan fingerprint density at radius 1 is 0.818 bits per heavy atom. The molecule has 0 saturated heterocycles. The fourth-order valence-electron chi connectivity index (χ4n) is 2.68. The van der Waals surface area contributed by atoms with Crippen molar-refractivity contribution in [2.75, 3.05) is 0 Å². The van der Waals surface area contributed by atoms with Gasteiger partial charge in [0.15, 0.2) is 11.5 Å². The predicted octanol–water partition coefficient (Wildman–Crippen LogP) is 4.53. The summed E-state index contributed by atoms with van der Waals surface area (Å²) in [5, 5.41) is -0.138. The van der Waals surface area contributed by atoms with Crippen LogP contribution >= 0.6 is 7.60 Å². The summed E-state index contributed by atoms with van der Waals surface area (Å²) < 4.78 is 41.1. The van der Waals surface area contributed by atoms with Gasteiger partial charge >= 0.3 is 19.5 Å². The monoisotopic (exact) mass is 464 g/mol. The highest BCUT2D eigenvalue weighted by Gasteiger charge is 2.38. The first-order chi connectivity index (χ1) is 16.0. The quantitative estimate of drug-likeness (QED) is 0.197. The second-order valence-electron chi connectivity index (χ2n) is 6.53. The van der Waals surface area contributed by atoms with E-state index in [1.807, 2.05) is 0 Å². The van der Waals surface area contributed by atoms with E-state index in [2.05, 4.69) is 6.58 Å². The molecular weight excluding hydrogens is 447 g/mol. The number of hydrogen-bond acceptors (Lipinski definition) is 8. The summed E-state index contributed by atoms with van der Waals surface area (Å²) in [4.78, 5) is 24.2. The highest BCUT2D eigenvalue weighted by molar-refractivity contribution is 7.63. The fourth-order valence-corrected chi connectivity index (χ4v) is 4.38. The zero-order chi connectivity index (χ0) is 23.3. The number of carbonyl (C=O) groups excluding carboxylic acids is 2. The molecule has 0 aliphatic carbocycles. The number of para-hydroxylation sites is 3. The zero-order valence-electron chi connectivity index (χ0n) is 17.1. The lowest BCUT2D eigenvalue weighted by Crippen LogP contribution is -2.21. The van der Waals surface area contributed by atoms with E-state index in [0.717, 1.165) is 6.08 Å². The Morgan fingerprint density at radius 3 is 1.91 bits per heavy atom.